The molecule has 1 aromatic heterocycles. The molecule has 0 saturated carbocycles. The normalized spacial score (nSPS) is 13.3. The SMILES string of the molecule is C#Cc1nc(C(=C)/C=C\C=C/C)c2c(c1-c1ccccc1)CCC2. The van der Waals surface area contributed by atoms with E-state index >= 15 is 0 Å². The van der Waals surface area contributed by atoms with E-state index in [1.54, 1.807) is 0 Å². The van der Waals surface area contributed by atoms with Crippen molar-refractivity contribution in [2.24, 2.45) is 0 Å². The quantitative estimate of drug-likeness (QED) is 0.547. The van der Waals surface area contributed by atoms with Gasteiger partial charge in [0.2, 0.25) is 0 Å². The number of hydrogen-bond donors (Lipinski definition) is 0. The third-order valence-corrected chi connectivity index (χ3v) is 4.37. The van der Waals surface area contributed by atoms with Crippen molar-refractivity contribution in [2.75, 3.05) is 0 Å². The van der Waals surface area contributed by atoms with Gasteiger partial charge in [0.15, 0.2) is 0 Å². The predicted molar refractivity (Wildman–Crippen MR) is 103 cm³/mol. The Morgan fingerprint density at radius 2 is 1.92 bits per heavy atom. The maximum atomic E-state index is 5.80. The van der Waals surface area contributed by atoms with E-state index in [0.29, 0.717) is 0 Å². The van der Waals surface area contributed by atoms with Crippen molar-refractivity contribution in [2.45, 2.75) is 26.2 Å². The lowest BCUT2D eigenvalue weighted by Crippen LogP contribution is -2.03. The van der Waals surface area contributed by atoms with Crippen molar-refractivity contribution in [3.8, 4) is 23.5 Å². The van der Waals surface area contributed by atoms with Crippen molar-refractivity contribution < 1.29 is 0 Å². The standard InChI is InChI=1S/C23H21N/c1-4-6-8-12-17(3)23-20-16-11-15-19(20)22(21(5-2)24-23)18-13-9-7-10-14-18/h2,4,6-10,12-14H,3,11,15-16H2,1H3/b6-4-,12-8-. The van der Waals surface area contributed by atoms with Gasteiger partial charge in [0.25, 0.3) is 0 Å². The first-order valence-electron chi connectivity index (χ1n) is 8.32. The lowest BCUT2D eigenvalue weighted by molar-refractivity contribution is 0.910. The second kappa shape index (κ2) is 7.15. The summed E-state index contributed by atoms with van der Waals surface area (Å²) in [6.45, 7) is 6.19. The van der Waals surface area contributed by atoms with Gasteiger partial charge in [-0.3, -0.25) is 0 Å². The number of pyridine rings is 1. The number of fused-ring (bicyclic) bond motifs is 1. The van der Waals surface area contributed by atoms with Gasteiger partial charge in [-0.1, -0.05) is 61.2 Å². The summed E-state index contributed by atoms with van der Waals surface area (Å²) in [5.74, 6) is 2.80. The summed E-state index contributed by atoms with van der Waals surface area (Å²) in [5, 5.41) is 0. The molecule has 3 rings (SSSR count). The second-order valence-corrected chi connectivity index (χ2v) is 5.92. The van der Waals surface area contributed by atoms with Gasteiger partial charge in [-0.05, 0) is 54.4 Å². The van der Waals surface area contributed by atoms with Crippen molar-refractivity contribution in [3.63, 3.8) is 0 Å². The van der Waals surface area contributed by atoms with Gasteiger partial charge in [-0.15, -0.1) is 6.42 Å². The van der Waals surface area contributed by atoms with E-state index in [-0.39, 0.29) is 0 Å². The molecule has 2 aromatic rings. The minimum atomic E-state index is 0.720. The van der Waals surface area contributed by atoms with E-state index in [1.165, 1.54) is 11.1 Å². The van der Waals surface area contributed by atoms with Crippen molar-refractivity contribution >= 4 is 5.57 Å². The van der Waals surface area contributed by atoms with Crippen LogP contribution in [0.25, 0.3) is 16.7 Å². The van der Waals surface area contributed by atoms with Crippen LogP contribution < -0.4 is 0 Å². The number of hydrogen-bond acceptors (Lipinski definition) is 1. The Morgan fingerprint density at radius 1 is 1.17 bits per heavy atom. The van der Waals surface area contributed by atoms with Crippen LogP contribution in [0.3, 0.4) is 0 Å². The number of allylic oxidation sites excluding steroid dienone is 5. The molecule has 1 nitrogen and oxygen atoms in total. The van der Waals surface area contributed by atoms with Crippen LogP contribution >= 0.6 is 0 Å². The molecule has 1 aromatic carbocycles. The molecule has 0 saturated heterocycles. The fourth-order valence-corrected chi connectivity index (χ4v) is 3.31. The summed E-state index contributed by atoms with van der Waals surface area (Å²) in [4.78, 5) is 4.81. The average molecular weight is 311 g/mol. The minimum Gasteiger partial charge on any atom is -0.238 e. The highest BCUT2D eigenvalue weighted by molar-refractivity contribution is 5.80. The van der Waals surface area contributed by atoms with Crippen LogP contribution in [-0.4, -0.2) is 4.98 Å². The third kappa shape index (κ3) is 2.96. The van der Waals surface area contributed by atoms with Crippen LogP contribution in [0.5, 0.6) is 0 Å². The molecule has 1 aliphatic rings. The maximum absolute atomic E-state index is 5.80. The first-order valence-corrected chi connectivity index (χ1v) is 8.32. The van der Waals surface area contributed by atoms with Crippen molar-refractivity contribution in [1.82, 2.24) is 4.98 Å². The van der Waals surface area contributed by atoms with Crippen LogP contribution in [0.1, 0.15) is 35.9 Å². The smallest absolute Gasteiger partial charge is 0.121 e. The van der Waals surface area contributed by atoms with Crippen molar-refractivity contribution in [3.05, 3.63) is 83.7 Å². The maximum Gasteiger partial charge on any atom is 0.121 e. The van der Waals surface area contributed by atoms with E-state index in [2.05, 4.69) is 24.6 Å². The van der Waals surface area contributed by atoms with Crippen LogP contribution in [0.4, 0.5) is 0 Å². The van der Waals surface area contributed by atoms with E-state index in [9.17, 15) is 0 Å². The topological polar surface area (TPSA) is 12.9 Å². The summed E-state index contributed by atoms with van der Waals surface area (Å²) in [5.41, 5.74) is 7.52. The summed E-state index contributed by atoms with van der Waals surface area (Å²) < 4.78 is 0. The summed E-state index contributed by atoms with van der Waals surface area (Å²) in [6.07, 6.45) is 17.0. The fourth-order valence-electron chi connectivity index (χ4n) is 3.31. The number of nitrogens with zero attached hydrogens (tertiary/aromatic N) is 1. The molecule has 0 amide bonds. The molecule has 0 spiro atoms. The Hall–Kier alpha value is -2.85. The van der Waals surface area contributed by atoms with Crippen LogP contribution in [-0.2, 0) is 12.8 Å². The second-order valence-electron chi connectivity index (χ2n) is 5.92. The Morgan fingerprint density at radius 3 is 2.62 bits per heavy atom. The van der Waals surface area contributed by atoms with Crippen molar-refractivity contribution in [1.29, 1.82) is 0 Å². The Labute approximate surface area is 144 Å². The van der Waals surface area contributed by atoms with Crippen LogP contribution in [0.2, 0.25) is 0 Å². The highest BCUT2D eigenvalue weighted by Crippen LogP contribution is 2.37. The van der Waals surface area contributed by atoms with Gasteiger partial charge in [0.1, 0.15) is 5.69 Å². The zero-order chi connectivity index (χ0) is 16.9. The Balaban J connectivity index is 2.17. The van der Waals surface area contributed by atoms with Gasteiger partial charge in [-0.2, -0.15) is 0 Å². The number of benzene rings is 1. The van der Waals surface area contributed by atoms with Gasteiger partial charge in [0.05, 0.1) is 5.69 Å². The molecule has 0 N–H and O–H groups in total. The molecule has 0 aliphatic heterocycles. The highest BCUT2D eigenvalue weighted by atomic mass is 14.7. The van der Waals surface area contributed by atoms with E-state index in [0.717, 1.165) is 47.4 Å². The molecular weight excluding hydrogens is 290 g/mol. The molecule has 24 heavy (non-hydrogen) atoms. The molecule has 1 aliphatic carbocycles. The minimum absolute atomic E-state index is 0.720. The highest BCUT2D eigenvalue weighted by Gasteiger charge is 2.24. The number of rotatable bonds is 4. The molecule has 0 unspecified atom stereocenters. The van der Waals surface area contributed by atoms with Crippen LogP contribution in [0, 0.1) is 12.3 Å². The number of terminal acetylenes is 1. The summed E-state index contributed by atoms with van der Waals surface area (Å²) >= 11 is 0. The monoisotopic (exact) mass is 311 g/mol. The Bertz CT molecular complexity index is 861. The van der Waals surface area contributed by atoms with Gasteiger partial charge in [-0.25, -0.2) is 4.98 Å². The summed E-state index contributed by atoms with van der Waals surface area (Å²) in [7, 11) is 0. The van der Waals surface area contributed by atoms with Gasteiger partial charge >= 0.3 is 0 Å². The molecule has 1 heteroatoms. The zero-order valence-corrected chi connectivity index (χ0v) is 14.0. The van der Waals surface area contributed by atoms with Gasteiger partial charge in [0, 0.05) is 5.56 Å². The molecular formula is C23H21N. The summed E-state index contributed by atoms with van der Waals surface area (Å²) in [6, 6.07) is 10.3. The van der Waals surface area contributed by atoms with E-state index in [1.807, 2.05) is 49.4 Å². The Kier molecular flexibility index (Phi) is 4.77. The lowest BCUT2D eigenvalue weighted by atomic mass is 9.93. The molecule has 1 heterocycles. The molecule has 0 atom stereocenters. The van der Waals surface area contributed by atoms with Crippen LogP contribution in [0.15, 0.2) is 61.2 Å². The predicted octanol–water partition coefficient (Wildman–Crippen LogP) is 5.36. The van der Waals surface area contributed by atoms with E-state index < -0.39 is 0 Å². The first-order chi connectivity index (χ1) is 11.8. The largest absolute Gasteiger partial charge is 0.238 e. The van der Waals surface area contributed by atoms with E-state index in [4.69, 9.17) is 11.4 Å². The lowest BCUT2D eigenvalue weighted by Gasteiger charge is -2.15. The molecule has 0 fully saturated rings. The molecule has 118 valence electrons. The fraction of sp³-hybridized carbons (Fsp3) is 0.174. The zero-order valence-electron chi connectivity index (χ0n) is 14.0. The first kappa shape index (κ1) is 16.0. The molecule has 0 radical (unpaired) electrons. The van der Waals surface area contributed by atoms with Gasteiger partial charge < -0.3 is 0 Å². The number of aromatic nitrogens is 1. The third-order valence-electron chi connectivity index (χ3n) is 4.37. The molecule has 0 bridgehead atoms. The average Bonchev–Trinajstić information content (AvgIpc) is 3.10.